The number of hydrogen-bond acceptors (Lipinski definition) is 3. The normalized spacial score (nSPS) is 12.3. The van der Waals surface area contributed by atoms with Gasteiger partial charge in [-0.15, -0.1) is 0 Å². The summed E-state index contributed by atoms with van der Waals surface area (Å²) in [4.78, 5) is 4.20. The molecule has 3 nitrogen and oxygen atoms in total. The van der Waals surface area contributed by atoms with Crippen LogP contribution in [0.15, 0.2) is 35.1 Å². The Morgan fingerprint density at radius 1 is 1.27 bits per heavy atom. The Kier molecular flexibility index (Phi) is 3.92. The van der Waals surface area contributed by atoms with Crippen LogP contribution in [0.3, 0.4) is 0 Å². The Labute approximate surface area is 90.5 Å². The summed E-state index contributed by atoms with van der Waals surface area (Å²) in [7, 11) is 0. The zero-order valence-electron chi connectivity index (χ0n) is 9.20. The van der Waals surface area contributed by atoms with E-state index in [1.165, 1.54) is 22.9 Å². The van der Waals surface area contributed by atoms with E-state index in [9.17, 15) is 0 Å². The minimum Gasteiger partial charge on any atom is -0.403 e. The van der Waals surface area contributed by atoms with Crippen molar-refractivity contribution in [3.63, 3.8) is 0 Å². The number of allylic oxidation sites excluding steroid dienone is 1. The van der Waals surface area contributed by atoms with Crippen LogP contribution in [-0.4, -0.2) is 6.21 Å². The van der Waals surface area contributed by atoms with E-state index in [1.807, 2.05) is 0 Å². The van der Waals surface area contributed by atoms with Crippen LogP contribution in [0.25, 0.3) is 0 Å². The van der Waals surface area contributed by atoms with Crippen molar-refractivity contribution in [1.29, 1.82) is 0 Å². The molecule has 0 spiro atoms. The maximum atomic E-state index is 5.48. The van der Waals surface area contributed by atoms with Gasteiger partial charge in [-0.3, -0.25) is 4.99 Å². The van der Waals surface area contributed by atoms with E-state index in [1.54, 1.807) is 6.21 Å². The van der Waals surface area contributed by atoms with Gasteiger partial charge in [0.2, 0.25) is 0 Å². The van der Waals surface area contributed by atoms with Gasteiger partial charge in [0, 0.05) is 12.4 Å². The van der Waals surface area contributed by atoms with Crippen molar-refractivity contribution in [3.05, 3.63) is 46.8 Å². The molecule has 0 aliphatic carbocycles. The second-order valence-electron chi connectivity index (χ2n) is 3.63. The highest BCUT2D eigenvalue weighted by molar-refractivity contribution is 5.76. The topological polar surface area (TPSA) is 64.4 Å². The summed E-state index contributed by atoms with van der Waals surface area (Å²) in [5, 5.41) is 0. The molecule has 0 saturated carbocycles. The molecule has 0 saturated heterocycles. The van der Waals surface area contributed by atoms with Crippen LogP contribution >= 0.6 is 0 Å². The molecule has 1 rings (SSSR count). The van der Waals surface area contributed by atoms with E-state index < -0.39 is 0 Å². The number of nitrogens with two attached hydrogens (primary N) is 2. The minimum absolute atomic E-state index is 0.486. The Morgan fingerprint density at radius 3 is 2.40 bits per heavy atom. The zero-order valence-corrected chi connectivity index (χ0v) is 9.20. The average Bonchev–Trinajstić information content (AvgIpc) is 2.16. The van der Waals surface area contributed by atoms with Gasteiger partial charge in [0.15, 0.2) is 0 Å². The fraction of sp³-hybridized carbons (Fsp3) is 0.250. The number of aryl methyl sites for hydroxylation is 2. The molecule has 0 unspecified atom stereocenters. The number of aliphatic imine (C=N–C) groups is 1. The summed E-state index contributed by atoms with van der Waals surface area (Å²) in [5.41, 5.74) is 14.9. The molecule has 0 fully saturated rings. The van der Waals surface area contributed by atoms with Gasteiger partial charge in [-0.2, -0.15) is 0 Å². The maximum absolute atomic E-state index is 5.48. The van der Waals surface area contributed by atoms with Gasteiger partial charge in [-0.25, -0.2) is 0 Å². The summed E-state index contributed by atoms with van der Waals surface area (Å²) in [6.07, 6.45) is 2.92. The second kappa shape index (κ2) is 5.20. The van der Waals surface area contributed by atoms with Crippen LogP contribution in [0.4, 0.5) is 0 Å². The zero-order chi connectivity index (χ0) is 11.3. The molecule has 1 aromatic rings. The number of rotatable bonds is 3. The highest BCUT2D eigenvalue weighted by atomic mass is 14.7. The molecule has 3 heteroatoms. The lowest BCUT2D eigenvalue weighted by atomic mass is 10.1. The number of nitrogens with zero attached hydrogens (tertiary/aromatic N) is 1. The van der Waals surface area contributed by atoms with Crippen molar-refractivity contribution in [2.45, 2.75) is 20.4 Å². The first kappa shape index (κ1) is 11.3. The van der Waals surface area contributed by atoms with Gasteiger partial charge in [0.1, 0.15) is 0 Å². The molecular formula is C12H17N3. The largest absolute Gasteiger partial charge is 0.403 e. The van der Waals surface area contributed by atoms with Crippen molar-refractivity contribution >= 4 is 6.21 Å². The Balaban J connectivity index is 2.69. The van der Waals surface area contributed by atoms with Gasteiger partial charge >= 0.3 is 0 Å². The van der Waals surface area contributed by atoms with Gasteiger partial charge in [-0.1, -0.05) is 29.3 Å². The monoisotopic (exact) mass is 203 g/mol. The summed E-state index contributed by atoms with van der Waals surface area (Å²) in [5.74, 6) is 0. The molecule has 0 amide bonds. The predicted molar refractivity (Wildman–Crippen MR) is 64.6 cm³/mol. The summed E-state index contributed by atoms with van der Waals surface area (Å²) in [6, 6.07) is 6.38. The number of hydrogen-bond donors (Lipinski definition) is 2. The summed E-state index contributed by atoms with van der Waals surface area (Å²) in [6.45, 7) is 4.79. The molecule has 0 atom stereocenters. The van der Waals surface area contributed by atoms with Crippen LogP contribution in [0, 0.1) is 13.8 Å². The van der Waals surface area contributed by atoms with Crippen molar-refractivity contribution in [1.82, 2.24) is 0 Å². The van der Waals surface area contributed by atoms with Crippen molar-refractivity contribution < 1.29 is 0 Å². The predicted octanol–water partition coefficient (Wildman–Crippen LogP) is 1.63. The molecule has 0 bridgehead atoms. The SMILES string of the molecule is Cc1cc(C)cc(CN=C/C(N)=C\N)c1. The molecule has 0 radical (unpaired) electrons. The van der Waals surface area contributed by atoms with Crippen LogP contribution in [0.1, 0.15) is 16.7 Å². The maximum Gasteiger partial charge on any atom is 0.0653 e. The Morgan fingerprint density at radius 2 is 1.87 bits per heavy atom. The molecule has 80 valence electrons. The van der Waals surface area contributed by atoms with Gasteiger partial charge in [0.25, 0.3) is 0 Å². The third-order valence-electron chi connectivity index (χ3n) is 1.99. The molecule has 1 aromatic carbocycles. The Hall–Kier alpha value is -1.77. The summed E-state index contributed by atoms with van der Waals surface area (Å²) < 4.78 is 0. The van der Waals surface area contributed by atoms with E-state index in [2.05, 4.69) is 37.0 Å². The minimum atomic E-state index is 0.486. The van der Waals surface area contributed by atoms with Crippen molar-refractivity contribution in [3.8, 4) is 0 Å². The van der Waals surface area contributed by atoms with Gasteiger partial charge < -0.3 is 11.5 Å². The quantitative estimate of drug-likeness (QED) is 0.733. The van der Waals surface area contributed by atoms with Crippen LogP contribution in [0.2, 0.25) is 0 Å². The fourth-order valence-corrected chi connectivity index (χ4v) is 1.46. The van der Waals surface area contributed by atoms with Crippen LogP contribution in [0.5, 0.6) is 0 Å². The van der Waals surface area contributed by atoms with Crippen molar-refractivity contribution in [2.24, 2.45) is 16.5 Å². The van der Waals surface area contributed by atoms with Crippen LogP contribution in [-0.2, 0) is 6.54 Å². The fourth-order valence-electron chi connectivity index (χ4n) is 1.46. The molecule has 0 aromatic heterocycles. The third-order valence-corrected chi connectivity index (χ3v) is 1.99. The first-order chi connectivity index (χ1) is 7.11. The average molecular weight is 203 g/mol. The molecular weight excluding hydrogens is 186 g/mol. The van der Waals surface area contributed by atoms with E-state index in [-0.39, 0.29) is 0 Å². The molecule has 0 heterocycles. The van der Waals surface area contributed by atoms with Gasteiger partial charge in [0.05, 0.1) is 12.2 Å². The lowest BCUT2D eigenvalue weighted by molar-refractivity contribution is 1.06. The molecule has 4 N–H and O–H groups in total. The van der Waals surface area contributed by atoms with Crippen molar-refractivity contribution in [2.75, 3.05) is 0 Å². The lowest BCUT2D eigenvalue weighted by Gasteiger charge is -2.01. The van der Waals surface area contributed by atoms with E-state index in [0.717, 1.165) is 0 Å². The van der Waals surface area contributed by atoms with E-state index >= 15 is 0 Å². The standard InChI is InChI=1S/C12H17N3/c1-9-3-10(2)5-11(4-9)7-15-8-12(14)6-13/h3-6,8H,7,13-14H2,1-2H3/b12-6+,15-8?. The highest BCUT2D eigenvalue weighted by Crippen LogP contribution is 2.09. The molecule has 0 aliphatic rings. The molecule has 0 aliphatic heterocycles. The second-order valence-corrected chi connectivity index (χ2v) is 3.63. The Bertz CT molecular complexity index is 372. The summed E-state index contributed by atoms with van der Waals surface area (Å²) >= 11 is 0. The van der Waals surface area contributed by atoms with Crippen LogP contribution < -0.4 is 11.5 Å². The first-order valence-electron chi connectivity index (χ1n) is 4.86. The highest BCUT2D eigenvalue weighted by Gasteiger charge is 1.93. The molecule has 15 heavy (non-hydrogen) atoms. The lowest BCUT2D eigenvalue weighted by Crippen LogP contribution is -2.01. The third kappa shape index (κ3) is 3.85. The van der Waals surface area contributed by atoms with E-state index in [4.69, 9.17) is 11.5 Å². The van der Waals surface area contributed by atoms with E-state index in [0.29, 0.717) is 12.2 Å². The first-order valence-corrected chi connectivity index (χ1v) is 4.86. The number of benzene rings is 1. The smallest absolute Gasteiger partial charge is 0.0653 e. The van der Waals surface area contributed by atoms with Gasteiger partial charge in [-0.05, 0) is 19.4 Å².